The Morgan fingerprint density at radius 3 is 2.62 bits per heavy atom. The van der Waals surface area contributed by atoms with Crippen molar-refractivity contribution in [3.63, 3.8) is 0 Å². The highest BCUT2D eigenvalue weighted by Gasteiger charge is 2.12. The summed E-state index contributed by atoms with van der Waals surface area (Å²) in [5.41, 5.74) is 2.88. The molecule has 0 saturated heterocycles. The first kappa shape index (κ1) is 21.2. The van der Waals surface area contributed by atoms with Crippen LogP contribution < -0.4 is 10.1 Å². The van der Waals surface area contributed by atoms with E-state index in [2.05, 4.69) is 15.3 Å². The average molecular weight is 431 g/mol. The Hall–Kier alpha value is -4.07. The van der Waals surface area contributed by atoms with Gasteiger partial charge < -0.3 is 15.0 Å². The fourth-order valence-corrected chi connectivity index (χ4v) is 3.21. The molecule has 32 heavy (non-hydrogen) atoms. The molecule has 1 amide bonds. The van der Waals surface area contributed by atoms with Crippen molar-refractivity contribution in [3.8, 4) is 28.3 Å². The van der Waals surface area contributed by atoms with Crippen LogP contribution in [0.15, 0.2) is 60.9 Å². The molecule has 0 bridgehead atoms. The molecule has 2 heterocycles. The zero-order valence-electron chi connectivity index (χ0n) is 18.0. The molecule has 2 aromatic heterocycles. The van der Waals surface area contributed by atoms with Crippen molar-refractivity contribution in [1.29, 1.82) is 0 Å². The van der Waals surface area contributed by atoms with Crippen LogP contribution in [-0.2, 0) is 4.79 Å². The second-order valence-corrected chi connectivity index (χ2v) is 7.37. The van der Waals surface area contributed by atoms with Crippen molar-refractivity contribution < 1.29 is 13.9 Å². The minimum Gasteiger partial charge on any atom is -0.484 e. The monoisotopic (exact) mass is 431 g/mol. The summed E-state index contributed by atoms with van der Waals surface area (Å²) in [6.45, 7) is -0.166. The Kier molecular flexibility index (Phi) is 5.93. The van der Waals surface area contributed by atoms with Gasteiger partial charge in [0.1, 0.15) is 17.4 Å². The molecule has 0 aliphatic carbocycles. The van der Waals surface area contributed by atoms with Crippen molar-refractivity contribution in [1.82, 2.24) is 19.9 Å². The molecule has 1 N–H and O–H groups in total. The number of benzene rings is 2. The highest BCUT2D eigenvalue weighted by Crippen LogP contribution is 2.31. The highest BCUT2D eigenvalue weighted by atomic mass is 19.1. The van der Waals surface area contributed by atoms with E-state index in [1.165, 1.54) is 17.0 Å². The largest absolute Gasteiger partial charge is 0.484 e. The topological polar surface area (TPSA) is 80.2 Å². The number of fused-ring (bicyclic) bond motifs is 1. The summed E-state index contributed by atoms with van der Waals surface area (Å²) in [6, 6.07) is 13.7. The van der Waals surface area contributed by atoms with Crippen molar-refractivity contribution in [2.75, 3.05) is 33.1 Å². The Labute approximate surface area is 184 Å². The fraction of sp³-hybridized carbons (Fsp3) is 0.167. The van der Waals surface area contributed by atoms with Crippen LogP contribution in [0, 0.1) is 5.82 Å². The molecule has 7 nitrogen and oxygen atoms in total. The maximum Gasteiger partial charge on any atom is 0.259 e. The minimum atomic E-state index is -0.454. The van der Waals surface area contributed by atoms with E-state index in [-0.39, 0.29) is 18.3 Å². The zero-order valence-corrected chi connectivity index (χ0v) is 18.0. The number of rotatable bonds is 6. The van der Waals surface area contributed by atoms with Crippen LogP contribution in [0.3, 0.4) is 0 Å². The van der Waals surface area contributed by atoms with E-state index >= 15 is 0 Å². The van der Waals surface area contributed by atoms with Gasteiger partial charge in [0.25, 0.3) is 5.91 Å². The Balaban J connectivity index is 1.74. The molecule has 0 unspecified atom stereocenters. The number of nitrogens with one attached hydrogen (secondary N) is 1. The van der Waals surface area contributed by atoms with E-state index in [1.54, 1.807) is 39.6 Å². The molecule has 2 aromatic carbocycles. The first-order valence-corrected chi connectivity index (χ1v) is 9.98. The van der Waals surface area contributed by atoms with Crippen molar-refractivity contribution in [3.05, 3.63) is 66.7 Å². The van der Waals surface area contributed by atoms with Gasteiger partial charge in [0.15, 0.2) is 12.4 Å². The summed E-state index contributed by atoms with van der Waals surface area (Å²) in [6.07, 6.45) is 3.40. The molecule has 0 fully saturated rings. The van der Waals surface area contributed by atoms with Gasteiger partial charge in [-0.2, -0.15) is 0 Å². The maximum atomic E-state index is 14.3. The lowest BCUT2D eigenvalue weighted by atomic mass is 10.0. The number of anilines is 1. The van der Waals surface area contributed by atoms with E-state index in [0.29, 0.717) is 22.7 Å². The third kappa shape index (κ3) is 4.49. The lowest BCUT2D eigenvalue weighted by Crippen LogP contribution is -2.27. The number of likely N-dealkylation sites (N-methyl/N-ethyl adjacent to an activating group) is 1. The summed E-state index contributed by atoms with van der Waals surface area (Å²) in [7, 11) is 5.07. The lowest BCUT2D eigenvalue weighted by molar-refractivity contribution is -0.130. The van der Waals surface area contributed by atoms with Crippen LogP contribution in [0.25, 0.3) is 33.4 Å². The number of ether oxygens (including phenoxy) is 1. The van der Waals surface area contributed by atoms with Gasteiger partial charge >= 0.3 is 0 Å². The number of hydrogen-bond acceptors (Lipinski definition) is 6. The lowest BCUT2D eigenvalue weighted by Gasteiger charge is -2.13. The molecule has 8 heteroatoms. The van der Waals surface area contributed by atoms with E-state index in [4.69, 9.17) is 9.72 Å². The quantitative estimate of drug-likeness (QED) is 0.497. The van der Waals surface area contributed by atoms with Gasteiger partial charge in [-0.05, 0) is 47.5 Å². The first-order valence-electron chi connectivity index (χ1n) is 9.98. The molecular formula is C24H22FN5O2. The maximum absolute atomic E-state index is 14.3. The summed E-state index contributed by atoms with van der Waals surface area (Å²) in [5.74, 6) is 0.846. The van der Waals surface area contributed by atoms with E-state index in [9.17, 15) is 9.18 Å². The molecule has 0 radical (unpaired) electrons. The van der Waals surface area contributed by atoms with E-state index < -0.39 is 5.82 Å². The SMILES string of the molecule is CNc1nc(-c2cccnc2)nc2cc(-c3cc(F)cc(OCC(=O)N(C)C)c3)ccc12. The smallest absolute Gasteiger partial charge is 0.259 e. The van der Waals surface area contributed by atoms with Gasteiger partial charge in [0.2, 0.25) is 0 Å². The van der Waals surface area contributed by atoms with E-state index in [0.717, 1.165) is 16.5 Å². The van der Waals surface area contributed by atoms with Crippen LogP contribution in [-0.4, -0.2) is 53.5 Å². The number of hydrogen-bond donors (Lipinski definition) is 1. The third-order valence-corrected chi connectivity index (χ3v) is 4.92. The molecule has 0 aliphatic heterocycles. The Morgan fingerprint density at radius 1 is 1.06 bits per heavy atom. The van der Waals surface area contributed by atoms with Gasteiger partial charge in [-0.15, -0.1) is 0 Å². The molecule has 4 aromatic rings. The number of pyridine rings is 1. The molecule has 4 rings (SSSR count). The molecule has 0 aliphatic rings. The number of carbonyl (C=O) groups is 1. The second kappa shape index (κ2) is 8.97. The van der Waals surface area contributed by atoms with Crippen LogP contribution in [0.5, 0.6) is 5.75 Å². The Bertz CT molecular complexity index is 1280. The number of nitrogens with zero attached hydrogens (tertiary/aromatic N) is 4. The normalized spacial score (nSPS) is 10.8. The van der Waals surface area contributed by atoms with Gasteiger partial charge in [-0.25, -0.2) is 14.4 Å². The summed E-state index contributed by atoms with van der Waals surface area (Å²) in [5, 5.41) is 3.95. The predicted octanol–water partition coefficient (Wildman–Crippen LogP) is 4.01. The first-order chi connectivity index (χ1) is 15.4. The molecule has 0 spiro atoms. The molecule has 0 atom stereocenters. The number of carbonyl (C=O) groups excluding carboxylic acids is 1. The van der Waals surface area contributed by atoms with Gasteiger partial charge in [0.05, 0.1) is 5.52 Å². The number of aromatic nitrogens is 3. The summed E-state index contributed by atoms with van der Waals surface area (Å²) >= 11 is 0. The standard InChI is InChI=1S/C24H22FN5O2/c1-26-24-20-7-6-15(11-21(20)28-23(29-24)16-5-4-8-27-13-16)17-9-18(25)12-19(10-17)32-14-22(31)30(2)3/h4-13H,14H2,1-3H3,(H,26,28,29). The Morgan fingerprint density at radius 2 is 1.91 bits per heavy atom. The fourth-order valence-electron chi connectivity index (χ4n) is 3.21. The van der Waals surface area contributed by atoms with Crippen LogP contribution in [0.4, 0.5) is 10.2 Å². The second-order valence-electron chi connectivity index (χ2n) is 7.37. The van der Waals surface area contributed by atoms with Crippen LogP contribution in [0.2, 0.25) is 0 Å². The van der Waals surface area contributed by atoms with Crippen molar-refractivity contribution in [2.24, 2.45) is 0 Å². The molecule has 0 saturated carbocycles. The summed E-state index contributed by atoms with van der Waals surface area (Å²) < 4.78 is 19.8. The molecular weight excluding hydrogens is 409 g/mol. The van der Waals surface area contributed by atoms with E-state index in [1.807, 2.05) is 30.3 Å². The van der Waals surface area contributed by atoms with Crippen molar-refractivity contribution in [2.45, 2.75) is 0 Å². The minimum absolute atomic E-state index is 0.166. The van der Waals surface area contributed by atoms with Gasteiger partial charge in [0, 0.05) is 50.6 Å². The number of amides is 1. The third-order valence-electron chi connectivity index (χ3n) is 4.92. The van der Waals surface area contributed by atoms with Gasteiger partial charge in [-0.1, -0.05) is 6.07 Å². The van der Waals surface area contributed by atoms with Gasteiger partial charge in [-0.3, -0.25) is 9.78 Å². The average Bonchev–Trinajstić information content (AvgIpc) is 2.81. The zero-order chi connectivity index (χ0) is 22.7. The van der Waals surface area contributed by atoms with Crippen LogP contribution >= 0.6 is 0 Å². The number of halogens is 1. The summed E-state index contributed by atoms with van der Waals surface area (Å²) in [4.78, 5) is 26.6. The highest BCUT2D eigenvalue weighted by molar-refractivity contribution is 5.93. The predicted molar refractivity (Wildman–Crippen MR) is 122 cm³/mol. The van der Waals surface area contributed by atoms with Crippen LogP contribution in [0.1, 0.15) is 0 Å². The van der Waals surface area contributed by atoms with Crippen molar-refractivity contribution >= 4 is 22.6 Å². The molecule has 162 valence electrons.